The fourth-order valence-corrected chi connectivity index (χ4v) is 7.41. The van der Waals surface area contributed by atoms with Crippen LogP contribution in [0.3, 0.4) is 0 Å². The summed E-state index contributed by atoms with van der Waals surface area (Å²) >= 11 is 1.54. The maximum absolute atomic E-state index is 13.3. The first-order chi connectivity index (χ1) is 17.2. The number of aliphatic hydroxyl groups is 2. The summed E-state index contributed by atoms with van der Waals surface area (Å²) in [5, 5.41) is 38.2. The van der Waals surface area contributed by atoms with Crippen LogP contribution < -0.4 is 10.6 Å². The van der Waals surface area contributed by atoms with Crippen molar-refractivity contribution in [1.82, 2.24) is 4.98 Å². The Hall–Kier alpha value is -2.94. The quantitative estimate of drug-likeness (QED) is 0.319. The van der Waals surface area contributed by atoms with Crippen LogP contribution in [0, 0.1) is 16.7 Å². The number of carbonyl (C=O) groups is 1. The van der Waals surface area contributed by atoms with E-state index in [1.54, 1.807) is 18.2 Å². The first-order valence-corrected chi connectivity index (χ1v) is 13.2. The van der Waals surface area contributed by atoms with Gasteiger partial charge in [0.05, 0.1) is 18.4 Å². The molecule has 8 heteroatoms. The molecule has 36 heavy (non-hydrogen) atoms. The molecule has 2 aliphatic carbocycles. The van der Waals surface area contributed by atoms with Crippen LogP contribution in [-0.4, -0.2) is 38.9 Å². The number of hydrogen-bond acceptors (Lipinski definition) is 7. The van der Waals surface area contributed by atoms with Crippen molar-refractivity contribution in [3.05, 3.63) is 65.2 Å². The molecular formula is C28H33N3O4S. The van der Waals surface area contributed by atoms with Crippen LogP contribution in [0.5, 0.6) is 5.75 Å². The highest BCUT2D eigenvalue weighted by atomic mass is 32.1. The van der Waals surface area contributed by atoms with Gasteiger partial charge in [0, 0.05) is 40.1 Å². The lowest BCUT2D eigenvalue weighted by Crippen LogP contribution is -2.57. The summed E-state index contributed by atoms with van der Waals surface area (Å²) in [6, 6.07) is 16.3. The molecule has 1 heterocycles. The summed E-state index contributed by atoms with van der Waals surface area (Å²) in [4.78, 5) is 19.3. The Bertz CT molecular complexity index is 1250. The van der Waals surface area contributed by atoms with Crippen molar-refractivity contribution in [2.75, 3.05) is 17.2 Å². The van der Waals surface area contributed by atoms with Crippen molar-refractivity contribution in [3.8, 4) is 5.75 Å². The molecule has 190 valence electrons. The highest BCUT2D eigenvalue weighted by molar-refractivity contribution is 7.15. The van der Waals surface area contributed by atoms with Gasteiger partial charge < -0.3 is 26.0 Å². The third-order valence-electron chi connectivity index (χ3n) is 8.44. The number of nitrogens with zero attached hydrogens (tertiary/aromatic N) is 1. The molecule has 2 aliphatic rings. The van der Waals surface area contributed by atoms with Crippen molar-refractivity contribution >= 4 is 33.8 Å². The third-order valence-corrected chi connectivity index (χ3v) is 9.45. The number of aliphatic hydroxyl groups excluding tert-OH is 2. The molecule has 3 aromatic rings. The molecule has 1 fully saturated rings. The van der Waals surface area contributed by atoms with E-state index in [0.29, 0.717) is 18.0 Å². The van der Waals surface area contributed by atoms with Gasteiger partial charge in [-0.3, -0.25) is 4.79 Å². The number of phenolic OH excluding ortho intramolecular Hbond substituents is 1. The second-order valence-corrected chi connectivity index (χ2v) is 11.7. The lowest BCUT2D eigenvalue weighted by atomic mass is 9.47. The molecule has 5 atom stereocenters. The van der Waals surface area contributed by atoms with Gasteiger partial charge in [-0.25, -0.2) is 4.98 Å². The molecule has 5 N–H and O–H groups in total. The minimum absolute atomic E-state index is 0.00477. The number of phenols is 1. The number of aromatic nitrogens is 1. The van der Waals surface area contributed by atoms with Crippen LogP contribution in [0.25, 0.3) is 0 Å². The largest absolute Gasteiger partial charge is 0.508 e. The lowest BCUT2D eigenvalue weighted by molar-refractivity contribution is -0.143. The van der Waals surface area contributed by atoms with Crippen molar-refractivity contribution in [3.63, 3.8) is 0 Å². The standard InChI is InChI=1S/C28H33N3O4S/c1-27-12-11-23(34)28(2,16-32)22(27)15-21-25(20(27)14-24(35)29-17-7-4-3-5-8-17)31-26(36-21)30-18-9-6-10-19(33)13-18/h3-10,13,20,22-23,32-34H,11-12,14-16H2,1-2H3,(H,29,35)(H,30,31). The molecule has 0 aliphatic heterocycles. The molecular weight excluding hydrogens is 474 g/mol. The smallest absolute Gasteiger partial charge is 0.225 e. The van der Waals surface area contributed by atoms with E-state index in [1.807, 2.05) is 43.3 Å². The van der Waals surface area contributed by atoms with E-state index >= 15 is 0 Å². The van der Waals surface area contributed by atoms with Gasteiger partial charge in [-0.1, -0.05) is 38.1 Å². The van der Waals surface area contributed by atoms with Crippen LogP contribution in [0.2, 0.25) is 0 Å². The second-order valence-electron chi connectivity index (χ2n) is 10.7. The molecule has 1 saturated carbocycles. The number of benzene rings is 2. The average Bonchev–Trinajstić information content (AvgIpc) is 3.25. The van der Waals surface area contributed by atoms with E-state index in [9.17, 15) is 20.1 Å². The van der Waals surface area contributed by atoms with Crippen molar-refractivity contribution in [2.45, 2.75) is 51.6 Å². The van der Waals surface area contributed by atoms with E-state index in [2.05, 4.69) is 17.6 Å². The molecule has 1 amide bonds. The van der Waals surface area contributed by atoms with Gasteiger partial charge in [-0.2, -0.15) is 0 Å². The number of carbonyl (C=O) groups excluding carboxylic acids is 1. The third kappa shape index (κ3) is 4.38. The Morgan fingerprint density at radius 3 is 2.61 bits per heavy atom. The van der Waals surface area contributed by atoms with Crippen molar-refractivity contribution in [2.24, 2.45) is 16.7 Å². The van der Waals surface area contributed by atoms with Gasteiger partial charge in [-0.05, 0) is 54.9 Å². The number of nitrogens with one attached hydrogen (secondary N) is 2. The summed E-state index contributed by atoms with van der Waals surface area (Å²) in [5.74, 6) is -0.0755. The fraction of sp³-hybridized carbons (Fsp3) is 0.429. The van der Waals surface area contributed by atoms with Crippen LogP contribution >= 0.6 is 11.3 Å². The number of fused-ring (bicyclic) bond motifs is 2. The summed E-state index contributed by atoms with van der Waals surface area (Å²) in [6.07, 6.45) is 1.69. The summed E-state index contributed by atoms with van der Waals surface area (Å²) in [6.45, 7) is 4.06. The van der Waals surface area contributed by atoms with Gasteiger partial charge in [-0.15, -0.1) is 11.3 Å². The molecule has 0 saturated heterocycles. The number of rotatable bonds is 6. The number of amides is 1. The summed E-state index contributed by atoms with van der Waals surface area (Å²) < 4.78 is 0. The highest BCUT2D eigenvalue weighted by Gasteiger charge is 2.59. The van der Waals surface area contributed by atoms with Crippen LogP contribution in [-0.2, 0) is 11.2 Å². The van der Waals surface area contributed by atoms with Crippen molar-refractivity contribution < 1.29 is 20.1 Å². The number of hydrogen-bond donors (Lipinski definition) is 5. The SMILES string of the molecule is CC1(CO)C(O)CCC2(C)C(CC(=O)Nc3ccccc3)c3nc(Nc4cccc(O)c4)sc3CC12. The Kier molecular flexibility index (Phi) is 6.53. The van der Waals surface area contributed by atoms with E-state index < -0.39 is 11.5 Å². The maximum atomic E-state index is 13.3. The normalized spacial score (nSPS) is 29.2. The van der Waals surface area contributed by atoms with E-state index in [1.165, 1.54) is 11.3 Å². The Balaban J connectivity index is 1.51. The Morgan fingerprint density at radius 2 is 1.89 bits per heavy atom. The van der Waals surface area contributed by atoms with E-state index in [0.717, 1.165) is 28.4 Å². The maximum Gasteiger partial charge on any atom is 0.225 e. The van der Waals surface area contributed by atoms with Crippen LogP contribution in [0.15, 0.2) is 54.6 Å². The predicted octanol–water partition coefficient (Wildman–Crippen LogP) is 5.04. The van der Waals surface area contributed by atoms with Crippen molar-refractivity contribution in [1.29, 1.82) is 0 Å². The zero-order chi connectivity index (χ0) is 25.5. The molecule has 1 aromatic heterocycles. The first-order valence-electron chi connectivity index (χ1n) is 12.4. The molecule has 0 spiro atoms. The summed E-state index contributed by atoms with van der Waals surface area (Å²) in [7, 11) is 0. The number of para-hydroxylation sites is 1. The second kappa shape index (κ2) is 9.50. The minimum Gasteiger partial charge on any atom is -0.508 e. The lowest BCUT2D eigenvalue weighted by Gasteiger charge is -2.58. The van der Waals surface area contributed by atoms with E-state index in [4.69, 9.17) is 4.98 Å². The zero-order valence-corrected chi connectivity index (χ0v) is 21.4. The Labute approximate surface area is 215 Å². The molecule has 5 rings (SSSR count). The molecule has 0 bridgehead atoms. The number of thiazole rings is 1. The van der Waals surface area contributed by atoms with Gasteiger partial charge in [0.1, 0.15) is 5.75 Å². The molecule has 7 nitrogen and oxygen atoms in total. The van der Waals surface area contributed by atoms with Gasteiger partial charge in [0.25, 0.3) is 0 Å². The summed E-state index contributed by atoms with van der Waals surface area (Å²) in [5.41, 5.74) is 1.43. The topological polar surface area (TPSA) is 115 Å². The van der Waals surface area contributed by atoms with Gasteiger partial charge >= 0.3 is 0 Å². The van der Waals surface area contributed by atoms with Gasteiger partial charge in [0.15, 0.2) is 5.13 Å². The van der Waals surface area contributed by atoms with E-state index in [-0.39, 0.29) is 41.9 Å². The molecule has 2 aromatic carbocycles. The number of anilines is 3. The predicted molar refractivity (Wildman–Crippen MR) is 142 cm³/mol. The number of aromatic hydroxyl groups is 1. The fourth-order valence-electron chi connectivity index (χ4n) is 6.33. The molecule has 0 radical (unpaired) electrons. The molecule has 5 unspecified atom stereocenters. The highest BCUT2D eigenvalue weighted by Crippen LogP contribution is 2.63. The zero-order valence-electron chi connectivity index (χ0n) is 20.6. The first kappa shape index (κ1) is 24.7. The minimum atomic E-state index is -0.665. The van der Waals surface area contributed by atoms with Gasteiger partial charge in [0.2, 0.25) is 5.91 Å². The van der Waals surface area contributed by atoms with Crippen LogP contribution in [0.4, 0.5) is 16.5 Å². The average molecular weight is 508 g/mol. The Morgan fingerprint density at radius 1 is 1.14 bits per heavy atom. The monoisotopic (exact) mass is 507 g/mol. The van der Waals surface area contributed by atoms with Crippen LogP contribution in [0.1, 0.15) is 49.6 Å².